The van der Waals surface area contributed by atoms with E-state index in [1.165, 1.54) is 6.07 Å². The number of rotatable bonds is 4. The van der Waals surface area contributed by atoms with Crippen molar-refractivity contribution < 1.29 is 24.2 Å². The number of fused-ring (bicyclic) bond motifs is 1. The Morgan fingerprint density at radius 2 is 1.97 bits per heavy atom. The summed E-state index contributed by atoms with van der Waals surface area (Å²) in [6.07, 6.45) is 4.25. The first kappa shape index (κ1) is 22.0. The van der Waals surface area contributed by atoms with Crippen molar-refractivity contribution in [3.8, 4) is 11.5 Å². The molecule has 1 aromatic rings. The second-order valence-electron chi connectivity index (χ2n) is 10.8. The van der Waals surface area contributed by atoms with Crippen LogP contribution in [-0.2, 0) is 9.53 Å². The number of hydrogen-bond acceptors (Lipinski definition) is 7. The van der Waals surface area contributed by atoms with Crippen LogP contribution in [0.5, 0.6) is 11.5 Å². The molecule has 1 spiro atoms. The number of phenols is 1. The summed E-state index contributed by atoms with van der Waals surface area (Å²) in [4.78, 5) is 32.7. The van der Waals surface area contributed by atoms with E-state index in [0.717, 1.165) is 38.3 Å². The number of benzene rings is 1. The van der Waals surface area contributed by atoms with Gasteiger partial charge in [0.1, 0.15) is 17.1 Å². The SMILES string of the molecule is CC(C)=CC[C@@]12OC[C@@H]3[C@@H](CN4CCN(C)CC4)[C@@H](C=C4C(=O)c5c(O)cccc5O[C@]431)C2=O. The van der Waals surface area contributed by atoms with Gasteiger partial charge in [-0.2, -0.15) is 0 Å². The topological polar surface area (TPSA) is 79.3 Å². The normalized spacial score (nSPS) is 36.6. The minimum Gasteiger partial charge on any atom is -0.507 e. The monoisotopic (exact) mass is 464 g/mol. The zero-order chi connectivity index (χ0) is 23.8. The van der Waals surface area contributed by atoms with Crippen molar-refractivity contribution >= 4 is 11.6 Å². The molecule has 3 fully saturated rings. The number of hydrogen-bond donors (Lipinski definition) is 1. The van der Waals surface area contributed by atoms with Crippen molar-refractivity contribution in [1.82, 2.24) is 9.80 Å². The molecule has 3 aliphatic carbocycles. The van der Waals surface area contributed by atoms with Gasteiger partial charge in [0.2, 0.25) is 0 Å². The summed E-state index contributed by atoms with van der Waals surface area (Å²) in [6.45, 7) is 9.10. The van der Waals surface area contributed by atoms with Crippen LogP contribution in [0.2, 0.25) is 0 Å². The van der Waals surface area contributed by atoms with E-state index in [1.807, 2.05) is 26.0 Å². The van der Waals surface area contributed by atoms with Crippen molar-refractivity contribution in [2.75, 3.05) is 46.4 Å². The average molecular weight is 465 g/mol. The molecule has 2 saturated heterocycles. The van der Waals surface area contributed by atoms with Crippen LogP contribution >= 0.6 is 0 Å². The summed E-state index contributed by atoms with van der Waals surface area (Å²) in [7, 11) is 2.13. The minimum absolute atomic E-state index is 0.0219. The second-order valence-corrected chi connectivity index (χ2v) is 10.8. The maximum Gasteiger partial charge on any atom is 0.200 e. The third kappa shape index (κ3) is 2.75. The Morgan fingerprint density at radius 3 is 2.71 bits per heavy atom. The largest absolute Gasteiger partial charge is 0.507 e. The number of nitrogens with zero attached hydrogens (tertiary/aromatic N) is 2. The van der Waals surface area contributed by atoms with Gasteiger partial charge in [-0.15, -0.1) is 0 Å². The fourth-order valence-electron chi connectivity index (χ4n) is 6.90. The minimum atomic E-state index is -1.22. The lowest BCUT2D eigenvalue weighted by atomic mass is 9.49. The molecule has 1 saturated carbocycles. The average Bonchev–Trinajstić information content (AvgIpc) is 3.09. The van der Waals surface area contributed by atoms with Gasteiger partial charge in [0.25, 0.3) is 0 Å². The smallest absolute Gasteiger partial charge is 0.200 e. The molecule has 34 heavy (non-hydrogen) atoms. The highest BCUT2D eigenvalue weighted by atomic mass is 16.6. The highest BCUT2D eigenvalue weighted by Gasteiger charge is 2.79. The van der Waals surface area contributed by atoms with E-state index in [4.69, 9.17) is 9.47 Å². The fourth-order valence-corrected chi connectivity index (χ4v) is 6.90. The van der Waals surface area contributed by atoms with Crippen LogP contribution in [0.1, 0.15) is 30.6 Å². The van der Waals surface area contributed by atoms with Gasteiger partial charge < -0.3 is 24.4 Å². The molecule has 7 heteroatoms. The maximum absolute atomic E-state index is 14.2. The van der Waals surface area contributed by atoms with Crippen LogP contribution in [0.4, 0.5) is 0 Å². The van der Waals surface area contributed by atoms with Gasteiger partial charge in [0.15, 0.2) is 22.8 Å². The maximum atomic E-state index is 14.2. The molecule has 6 aliphatic rings. The van der Waals surface area contributed by atoms with Gasteiger partial charge in [-0.25, -0.2) is 0 Å². The summed E-state index contributed by atoms with van der Waals surface area (Å²) in [5, 5.41) is 10.5. The predicted octanol–water partition coefficient (Wildman–Crippen LogP) is 2.45. The Balaban J connectivity index is 1.48. The van der Waals surface area contributed by atoms with Crippen LogP contribution in [0, 0.1) is 17.8 Å². The molecule has 0 aromatic heterocycles. The molecule has 0 amide bonds. The number of carbonyl (C=O) groups excluding carboxylic acids is 2. The lowest BCUT2D eigenvalue weighted by Crippen LogP contribution is -2.74. The highest BCUT2D eigenvalue weighted by molar-refractivity contribution is 6.18. The van der Waals surface area contributed by atoms with E-state index < -0.39 is 17.1 Å². The zero-order valence-corrected chi connectivity index (χ0v) is 20.0. The molecule has 7 rings (SSSR count). The number of phenolic OH excluding ortho intramolecular Hbond substituents is 1. The van der Waals surface area contributed by atoms with E-state index in [1.54, 1.807) is 12.1 Å². The number of allylic oxidation sites excluding steroid dienone is 2. The number of piperazine rings is 1. The molecule has 5 atom stereocenters. The summed E-state index contributed by atoms with van der Waals surface area (Å²) in [5.74, 6) is -0.453. The molecule has 3 heterocycles. The molecule has 0 unspecified atom stereocenters. The molecular formula is C27H32N2O5. The number of carbonyl (C=O) groups is 2. The molecule has 4 bridgehead atoms. The second kappa shape index (κ2) is 7.51. The first-order valence-corrected chi connectivity index (χ1v) is 12.3. The Labute approximate surface area is 200 Å². The van der Waals surface area contributed by atoms with Gasteiger partial charge in [0, 0.05) is 56.6 Å². The van der Waals surface area contributed by atoms with Gasteiger partial charge in [-0.1, -0.05) is 23.8 Å². The Kier molecular flexibility index (Phi) is 4.86. The third-order valence-corrected chi connectivity index (χ3v) is 8.67. The Bertz CT molecular complexity index is 1130. The van der Waals surface area contributed by atoms with Crippen LogP contribution in [0.15, 0.2) is 41.5 Å². The van der Waals surface area contributed by atoms with Crippen molar-refractivity contribution in [2.24, 2.45) is 17.8 Å². The van der Waals surface area contributed by atoms with E-state index in [2.05, 4.69) is 16.8 Å². The van der Waals surface area contributed by atoms with Crippen molar-refractivity contribution in [3.05, 3.63) is 47.1 Å². The fraction of sp³-hybridized carbons (Fsp3) is 0.556. The molecule has 7 nitrogen and oxygen atoms in total. The number of ether oxygens (including phenoxy) is 2. The molecule has 0 radical (unpaired) electrons. The number of likely N-dealkylation sites (N-methyl/N-ethyl adjacent to an activating group) is 1. The molecule has 3 aliphatic heterocycles. The standard InChI is InChI=1S/C27H32N2O5/c1-16(2)7-8-26-25(32)17-13-19-24(31)23-21(30)5-4-6-22(23)34-27(19,26)20(15-33-26)18(17)14-29-11-9-28(3)10-12-29/h4-7,13,17-18,20,30H,8-12,14-15H2,1-3H3/t17-,18+,20-,26+,27-/m1/s1. The van der Waals surface area contributed by atoms with Crippen LogP contribution in [0.25, 0.3) is 0 Å². The molecule has 1 N–H and O–H groups in total. The summed E-state index contributed by atoms with van der Waals surface area (Å²) >= 11 is 0. The van der Waals surface area contributed by atoms with E-state index in [0.29, 0.717) is 24.4 Å². The quantitative estimate of drug-likeness (QED) is 0.686. The van der Waals surface area contributed by atoms with Gasteiger partial charge in [0.05, 0.1) is 6.61 Å². The van der Waals surface area contributed by atoms with Crippen molar-refractivity contribution in [2.45, 2.75) is 31.5 Å². The van der Waals surface area contributed by atoms with Gasteiger partial charge in [-0.3, -0.25) is 9.59 Å². The first-order valence-electron chi connectivity index (χ1n) is 12.3. The van der Waals surface area contributed by atoms with Crippen LogP contribution < -0.4 is 4.74 Å². The molecule has 180 valence electrons. The lowest BCUT2D eigenvalue weighted by molar-refractivity contribution is -0.171. The first-order chi connectivity index (χ1) is 16.3. The molecule has 1 aromatic carbocycles. The summed E-state index contributed by atoms with van der Waals surface area (Å²) in [6, 6.07) is 4.90. The highest BCUT2D eigenvalue weighted by Crippen LogP contribution is 2.65. The van der Waals surface area contributed by atoms with Crippen LogP contribution in [0.3, 0.4) is 0 Å². The number of Topliss-reactive ketones (excluding diaryl/α,β-unsaturated/α-hetero) is 2. The van der Waals surface area contributed by atoms with Gasteiger partial charge >= 0.3 is 0 Å². The summed E-state index contributed by atoms with van der Waals surface area (Å²) < 4.78 is 13.2. The van der Waals surface area contributed by atoms with Crippen LogP contribution in [-0.4, -0.2) is 84.1 Å². The zero-order valence-electron chi connectivity index (χ0n) is 20.0. The van der Waals surface area contributed by atoms with E-state index >= 15 is 0 Å². The van der Waals surface area contributed by atoms with Crippen molar-refractivity contribution in [3.63, 3.8) is 0 Å². The summed E-state index contributed by atoms with van der Waals surface area (Å²) in [5.41, 5.74) is -0.620. The van der Waals surface area contributed by atoms with Gasteiger partial charge in [-0.05, 0) is 38.9 Å². The lowest BCUT2D eigenvalue weighted by Gasteiger charge is -2.58. The van der Waals surface area contributed by atoms with Crippen molar-refractivity contribution in [1.29, 1.82) is 0 Å². The molecular weight excluding hydrogens is 432 g/mol. The number of ketones is 2. The Morgan fingerprint density at radius 1 is 1.21 bits per heavy atom. The predicted molar refractivity (Wildman–Crippen MR) is 126 cm³/mol. The van der Waals surface area contributed by atoms with E-state index in [-0.39, 0.29) is 34.7 Å². The third-order valence-electron chi connectivity index (χ3n) is 8.67. The van der Waals surface area contributed by atoms with E-state index in [9.17, 15) is 14.7 Å². The number of aromatic hydroxyl groups is 1. The Hall–Kier alpha value is -2.48.